The molecule has 0 radical (unpaired) electrons. The zero-order valence-electron chi connectivity index (χ0n) is 14.1. The third kappa shape index (κ3) is 3.94. The van der Waals surface area contributed by atoms with Crippen LogP contribution in [0.25, 0.3) is 0 Å². The molecule has 1 unspecified atom stereocenters. The second-order valence-electron chi connectivity index (χ2n) is 6.44. The Balaban J connectivity index is 1.88. The number of halogens is 1. The molecule has 0 bridgehead atoms. The predicted molar refractivity (Wildman–Crippen MR) is 100 cm³/mol. The quantitative estimate of drug-likeness (QED) is 0.832. The van der Waals surface area contributed by atoms with Gasteiger partial charge in [-0.3, -0.25) is 9.52 Å². The molecule has 6 nitrogen and oxygen atoms in total. The van der Waals surface area contributed by atoms with Crippen LogP contribution in [0.5, 0.6) is 5.75 Å². The molecule has 0 spiro atoms. The zero-order chi connectivity index (χ0) is 18.9. The van der Waals surface area contributed by atoms with Gasteiger partial charge in [0.2, 0.25) is 0 Å². The van der Waals surface area contributed by atoms with Crippen LogP contribution in [0.3, 0.4) is 0 Å². The number of nitrogens with one attached hydrogen (secondary N) is 1. The van der Waals surface area contributed by atoms with Crippen LogP contribution in [-0.2, 0) is 10.0 Å². The minimum atomic E-state index is -3.91. The monoisotopic (exact) mass is 394 g/mol. The maximum absolute atomic E-state index is 12.6. The first kappa shape index (κ1) is 18.5. The number of hydrogen-bond acceptors (Lipinski definition) is 4. The average Bonchev–Trinajstić information content (AvgIpc) is 3.03. The van der Waals surface area contributed by atoms with Gasteiger partial charge in [0.05, 0.1) is 10.5 Å². The Kier molecular flexibility index (Phi) is 5.11. The van der Waals surface area contributed by atoms with E-state index in [9.17, 15) is 18.3 Å². The maximum Gasteiger partial charge on any atom is 0.261 e. The Morgan fingerprint density at radius 1 is 1.23 bits per heavy atom. The van der Waals surface area contributed by atoms with Gasteiger partial charge in [-0.25, -0.2) is 8.42 Å². The third-order valence-electron chi connectivity index (χ3n) is 4.32. The first-order valence-corrected chi connectivity index (χ1v) is 10.0. The molecule has 1 amide bonds. The molecule has 1 saturated heterocycles. The van der Waals surface area contributed by atoms with Crippen molar-refractivity contribution in [2.24, 2.45) is 5.92 Å². The zero-order valence-corrected chi connectivity index (χ0v) is 15.7. The Morgan fingerprint density at radius 3 is 2.54 bits per heavy atom. The molecule has 8 heteroatoms. The van der Waals surface area contributed by atoms with Crippen LogP contribution in [0.1, 0.15) is 23.7 Å². The number of carbonyl (C=O) groups excluding carboxylic acids is 1. The molecule has 2 aromatic rings. The predicted octanol–water partition coefficient (Wildman–Crippen LogP) is 3.33. The topological polar surface area (TPSA) is 86.7 Å². The van der Waals surface area contributed by atoms with E-state index in [-0.39, 0.29) is 22.1 Å². The van der Waals surface area contributed by atoms with Crippen molar-refractivity contribution in [1.29, 1.82) is 0 Å². The molecule has 0 aliphatic carbocycles. The van der Waals surface area contributed by atoms with Gasteiger partial charge in [-0.2, -0.15) is 0 Å². The van der Waals surface area contributed by atoms with Gasteiger partial charge in [0, 0.05) is 23.8 Å². The number of benzene rings is 2. The Hall–Kier alpha value is -2.25. The summed E-state index contributed by atoms with van der Waals surface area (Å²) in [5.41, 5.74) is 0.335. The van der Waals surface area contributed by atoms with Gasteiger partial charge in [0.25, 0.3) is 15.9 Å². The minimum absolute atomic E-state index is 0.0157. The summed E-state index contributed by atoms with van der Waals surface area (Å²) in [5.74, 6) is -0.213. The number of amides is 1. The first-order valence-electron chi connectivity index (χ1n) is 8.17. The summed E-state index contributed by atoms with van der Waals surface area (Å²) in [7, 11) is -3.91. The molecule has 0 saturated carbocycles. The number of hydrogen-bond donors (Lipinski definition) is 2. The van der Waals surface area contributed by atoms with Crippen molar-refractivity contribution in [1.82, 2.24) is 4.90 Å². The number of likely N-dealkylation sites (tertiary alicyclic amines) is 1. The summed E-state index contributed by atoms with van der Waals surface area (Å²) >= 11 is 5.80. The van der Waals surface area contributed by atoms with E-state index in [1.807, 2.05) is 6.92 Å². The van der Waals surface area contributed by atoms with Crippen molar-refractivity contribution >= 4 is 33.2 Å². The molecule has 1 aliphatic heterocycles. The van der Waals surface area contributed by atoms with E-state index in [2.05, 4.69) is 4.72 Å². The SMILES string of the molecule is CC1CCN(C(=O)c2cc(S(=O)(=O)Nc3ccc(Cl)cc3)ccc2O)C1. The largest absolute Gasteiger partial charge is 0.507 e. The number of sulfonamides is 1. The summed E-state index contributed by atoms with van der Waals surface area (Å²) in [5, 5.41) is 10.5. The average molecular weight is 395 g/mol. The molecule has 138 valence electrons. The molecule has 1 aliphatic rings. The van der Waals surface area contributed by atoms with Gasteiger partial charge in [-0.1, -0.05) is 18.5 Å². The van der Waals surface area contributed by atoms with Crippen LogP contribution in [-0.4, -0.2) is 37.4 Å². The van der Waals surface area contributed by atoms with Crippen LogP contribution >= 0.6 is 11.6 Å². The molecule has 3 rings (SSSR count). The van der Waals surface area contributed by atoms with Crippen LogP contribution in [0.4, 0.5) is 5.69 Å². The molecule has 2 N–H and O–H groups in total. The number of phenols is 1. The molecular weight excluding hydrogens is 376 g/mol. The molecule has 26 heavy (non-hydrogen) atoms. The fourth-order valence-corrected chi connectivity index (χ4v) is 4.09. The number of aromatic hydroxyl groups is 1. The lowest BCUT2D eigenvalue weighted by molar-refractivity contribution is 0.0785. The third-order valence-corrected chi connectivity index (χ3v) is 5.95. The highest BCUT2D eigenvalue weighted by Gasteiger charge is 2.27. The van der Waals surface area contributed by atoms with Gasteiger partial charge in [-0.05, 0) is 54.8 Å². The minimum Gasteiger partial charge on any atom is -0.507 e. The highest BCUT2D eigenvalue weighted by Crippen LogP contribution is 2.27. The maximum atomic E-state index is 12.6. The van der Waals surface area contributed by atoms with E-state index in [1.165, 1.54) is 30.3 Å². The van der Waals surface area contributed by atoms with Crippen LogP contribution in [0.2, 0.25) is 5.02 Å². The van der Waals surface area contributed by atoms with E-state index >= 15 is 0 Å². The van der Waals surface area contributed by atoms with E-state index in [0.29, 0.717) is 29.7 Å². The lowest BCUT2D eigenvalue weighted by Gasteiger charge is -2.17. The Labute approximate surface area is 157 Å². The second-order valence-corrected chi connectivity index (χ2v) is 8.56. The second kappa shape index (κ2) is 7.17. The molecule has 2 aromatic carbocycles. The van der Waals surface area contributed by atoms with Gasteiger partial charge >= 0.3 is 0 Å². The summed E-state index contributed by atoms with van der Waals surface area (Å²) < 4.78 is 27.6. The molecular formula is C18H19ClN2O4S. The van der Waals surface area contributed by atoms with E-state index in [4.69, 9.17) is 11.6 Å². The summed E-state index contributed by atoms with van der Waals surface area (Å²) in [6, 6.07) is 9.91. The Bertz CT molecular complexity index is 929. The lowest BCUT2D eigenvalue weighted by atomic mass is 10.1. The molecule has 1 atom stereocenters. The summed E-state index contributed by atoms with van der Waals surface area (Å²) in [6.07, 6.45) is 0.891. The van der Waals surface area contributed by atoms with E-state index in [1.54, 1.807) is 17.0 Å². The van der Waals surface area contributed by atoms with Gasteiger partial charge in [-0.15, -0.1) is 0 Å². The van der Waals surface area contributed by atoms with Crippen molar-refractivity contribution in [2.45, 2.75) is 18.2 Å². The molecule has 1 fully saturated rings. The van der Waals surface area contributed by atoms with Crippen molar-refractivity contribution in [3.63, 3.8) is 0 Å². The highest BCUT2D eigenvalue weighted by atomic mass is 35.5. The fourth-order valence-electron chi connectivity index (χ4n) is 2.88. The summed E-state index contributed by atoms with van der Waals surface area (Å²) in [6.45, 7) is 3.24. The number of rotatable bonds is 4. The smallest absolute Gasteiger partial charge is 0.261 e. The van der Waals surface area contributed by atoms with Crippen LogP contribution in [0.15, 0.2) is 47.4 Å². The number of carbonyl (C=O) groups is 1. The van der Waals surface area contributed by atoms with Gasteiger partial charge in [0.15, 0.2) is 0 Å². The molecule has 0 aromatic heterocycles. The summed E-state index contributed by atoms with van der Waals surface area (Å²) in [4.78, 5) is 14.2. The normalized spacial score (nSPS) is 17.3. The van der Waals surface area contributed by atoms with Crippen molar-refractivity contribution < 1.29 is 18.3 Å². The number of nitrogens with zero attached hydrogens (tertiary/aromatic N) is 1. The van der Waals surface area contributed by atoms with Gasteiger partial charge in [0.1, 0.15) is 5.75 Å². The van der Waals surface area contributed by atoms with E-state index in [0.717, 1.165) is 6.42 Å². The number of phenolic OH excluding ortho intramolecular Hbond substituents is 1. The first-order chi connectivity index (χ1) is 12.3. The standard InChI is InChI=1S/C18H19ClN2O4S/c1-12-8-9-21(11-12)18(23)16-10-15(6-7-17(16)22)26(24,25)20-14-4-2-13(19)3-5-14/h2-7,10,12,20,22H,8-9,11H2,1H3. The van der Waals surface area contributed by atoms with Gasteiger partial charge < -0.3 is 10.0 Å². The molecule has 1 heterocycles. The van der Waals surface area contributed by atoms with Crippen molar-refractivity contribution in [3.05, 3.63) is 53.1 Å². The van der Waals surface area contributed by atoms with E-state index < -0.39 is 10.0 Å². The lowest BCUT2D eigenvalue weighted by Crippen LogP contribution is -2.28. The van der Waals surface area contributed by atoms with Crippen molar-refractivity contribution in [3.8, 4) is 5.75 Å². The van der Waals surface area contributed by atoms with Crippen LogP contribution in [0, 0.1) is 5.92 Å². The van der Waals surface area contributed by atoms with Crippen molar-refractivity contribution in [2.75, 3.05) is 17.8 Å². The highest BCUT2D eigenvalue weighted by molar-refractivity contribution is 7.92. The number of anilines is 1. The van der Waals surface area contributed by atoms with Crippen LogP contribution < -0.4 is 4.72 Å². The Morgan fingerprint density at radius 2 is 1.92 bits per heavy atom. The fraction of sp³-hybridized carbons (Fsp3) is 0.278.